The van der Waals surface area contributed by atoms with Crippen LogP contribution in [0.15, 0.2) is 30.6 Å². The standard InChI is InChI=1S/C13H15N5O/c1-18-13(15-8-16-18)17-12(19)11-6-9-4-2-3-5-10(9)7-14-11/h2-5,8,11,14H,6-7H2,1H3,(H,15,16,17,19). The molecule has 0 saturated carbocycles. The van der Waals surface area contributed by atoms with Gasteiger partial charge >= 0.3 is 0 Å². The first-order chi connectivity index (χ1) is 9.24. The second-order valence-corrected chi connectivity index (χ2v) is 4.60. The van der Waals surface area contributed by atoms with E-state index in [1.165, 1.54) is 22.1 Å². The van der Waals surface area contributed by atoms with Crippen LogP contribution < -0.4 is 10.6 Å². The molecule has 1 aliphatic heterocycles. The summed E-state index contributed by atoms with van der Waals surface area (Å²) < 4.78 is 1.54. The number of hydrogen-bond donors (Lipinski definition) is 2. The van der Waals surface area contributed by atoms with Crippen LogP contribution in [0.2, 0.25) is 0 Å². The molecule has 0 aliphatic carbocycles. The van der Waals surface area contributed by atoms with E-state index >= 15 is 0 Å². The van der Waals surface area contributed by atoms with E-state index in [-0.39, 0.29) is 11.9 Å². The second kappa shape index (κ2) is 4.81. The Bertz CT molecular complexity index is 607. The van der Waals surface area contributed by atoms with Gasteiger partial charge in [0.05, 0.1) is 6.04 Å². The molecule has 6 heteroatoms. The Labute approximate surface area is 110 Å². The summed E-state index contributed by atoms with van der Waals surface area (Å²) in [5.74, 6) is 0.385. The summed E-state index contributed by atoms with van der Waals surface area (Å²) in [5, 5.41) is 9.94. The molecule has 1 amide bonds. The topological polar surface area (TPSA) is 71.8 Å². The number of carbonyl (C=O) groups excluding carboxylic acids is 1. The average molecular weight is 257 g/mol. The zero-order valence-electron chi connectivity index (χ0n) is 10.6. The summed E-state index contributed by atoms with van der Waals surface area (Å²) in [6.07, 6.45) is 2.11. The van der Waals surface area contributed by atoms with Crippen LogP contribution in [0.1, 0.15) is 11.1 Å². The maximum atomic E-state index is 12.2. The maximum Gasteiger partial charge on any atom is 0.244 e. The lowest BCUT2D eigenvalue weighted by Crippen LogP contribution is -2.45. The average Bonchev–Trinajstić information content (AvgIpc) is 2.84. The van der Waals surface area contributed by atoms with Crippen molar-refractivity contribution in [2.24, 2.45) is 7.05 Å². The first-order valence-corrected chi connectivity index (χ1v) is 6.19. The summed E-state index contributed by atoms with van der Waals surface area (Å²) in [6, 6.07) is 7.94. The highest BCUT2D eigenvalue weighted by molar-refractivity contribution is 5.93. The van der Waals surface area contributed by atoms with Crippen LogP contribution in [0, 0.1) is 0 Å². The molecule has 0 bridgehead atoms. The Balaban J connectivity index is 1.71. The van der Waals surface area contributed by atoms with E-state index < -0.39 is 0 Å². The van der Waals surface area contributed by atoms with Gasteiger partial charge in [0.1, 0.15) is 6.33 Å². The number of aryl methyl sites for hydroxylation is 1. The number of rotatable bonds is 2. The van der Waals surface area contributed by atoms with E-state index in [1.54, 1.807) is 7.05 Å². The molecule has 0 saturated heterocycles. The van der Waals surface area contributed by atoms with Crippen LogP contribution in [0.4, 0.5) is 5.95 Å². The molecule has 98 valence electrons. The van der Waals surface area contributed by atoms with Crippen molar-refractivity contribution in [3.63, 3.8) is 0 Å². The highest BCUT2D eigenvalue weighted by Crippen LogP contribution is 2.16. The Morgan fingerprint density at radius 1 is 1.42 bits per heavy atom. The maximum absolute atomic E-state index is 12.2. The van der Waals surface area contributed by atoms with E-state index in [9.17, 15) is 4.79 Å². The normalized spacial score (nSPS) is 17.8. The lowest BCUT2D eigenvalue weighted by Gasteiger charge is -2.25. The van der Waals surface area contributed by atoms with E-state index in [1.807, 2.05) is 12.1 Å². The molecule has 1 atom stereocenters. The summed E-state index contributed by atoms with van der Waals surface area (Å²) in [4.78, 5) is 16.2. The molecule has 19 heavy (non-hydrogen) atoms. The van der Waals surface area contributed by atoms with Gasteiger partial charge in [-0.1, -0.05) is 24.3 Å². The first-order valence-electron chi connectivity index (χ1n) is 6.19. The van der Waals surface area contributed by atoms with Gasteiger partial charge in [-0.05, 0) is 17.5 Å². The molecule has 0 radical (unpaired) electrons. The Hall–Kier alpha value is -2.21. The van der Waals surface area contributed by atoms with Gasteiger partial charge in [0.2, 0.25) is 11.9 Å². The predicted octanol–water partition coefficient (Wildman–Crippen LogP) is 0.468. The third kappa shape index (κ3) is 2.34. The number of nitrogens with one attached hydrogen (secondary N) is 2. The lowest BCUT2D eigenvalue weighted by molar-refractivity contribution is -0.118. The molecular weight excluding hydrogens is 242 g/mol. The fraction of sp³-hybridized carbons (Fsp3) is 0.308. The van der Waals surface area contributed by atoms with Gasteiger partial charge in [-0.15, -0.1) is 0 Å². The number of anilines is 1. The number of carbonyl (C=O) groups is 1. The minimum absolute atomic E-state index is 0.0781. The molecule has 2 heterocycles. The predicted molar refractivity (Wildman–Crippen MR) is 70.4 cm³/mol. The Kier molecular flexibility index (Phi) is 3.00. The molecule has 3 rings (SSSR count). The fourth-order valence-electron chi connectivity index (χ4n) is 2.25. The molecule has 0 spiro atoms. The quantitative estimate of drug-likeness (QED) is 0.820. The van der Waals surface area contributed by atoms with Gasteiger partial charge < -0.3 is 5.32 Å². The van der Waals surface area contributed by atoms with E-state index in [2.05, 4.69) is 32.8 Å². The van der Waals surface area contributed by atoms with Crippen molar-refractivity contribution >= 4 is 11.9 Å². The van der Waals surface area contributed by atoms with Crippen molar-refractivity contribution in [3.05, 3.63) is 41.7 Å². The monoisotopic (exact) mass is 257 g/mol. The highest BCUT2D eigenvalue weighted by Gasteiger charge is 2.24. The van der Waals surface area contributed by atoms with Crippen LogP contribution in [-0.4, -0.2) is 26.7 Å². The number of hydrogen-bond acceptors (Lipinski definition) is 4. The molecule has 1 aliphatic rings. The first kappa shape index (κ1) is 11.9. The number of benzene rings is 1. The molecule has 1 aromatic carbocycles. The minimum atomic E-state index is -0.230. The number of aromatic nitrogens is 3. The second-order valence-electron chi connectivity index (χ2n) is 4.60. The fourth-order valence-corrected chi connectivity index (χ4v) is 2.25. The molecule has 2 aromatic rings. The van der Waals surface area contributed by atoms with Crippen molar-refractivity contribution < 1.29 is 4.79 Å². The zero-order valence-corrected chi connectivity index (χ0v) is 10.6. The molecule has 1 aromatic heterocycles. The van der Waals surface area contributed by atoms with Gasteiger partial charge in [-0.2, -0.15) is 10.1 Å². The van der Waals surface area contributed by atoms with Gasteiger partial charge in [0.15, 0.2) is 0 Å². The third-order valence-electron chi connectivity index (χ3n) is 3.34. The largest absolute Gasteiger partial charge is 0.301 e. The van der Waals surface area contributed by atoms with E-state index in [0.29, 0.717) is 18.9 Å². The van der Waals surface area contributed by atoms with Gasteiger partial charge in [-0.25, -0.2) is 4.68 Å². The van der Waals surface area contributed by atoms with Crippen LogP contribution in [-0.2, 0) is 24.8 Å². The summed E-state index contributed by atoms with van der Waals surface area (Å²) in [7, 11) is 1.74. The summed E-state index contributed by atoms with van der Waals surface area (Å²) >= 11 is 0. The number of fused-ring (bicyclic) bond motifs is 1. The van der Waals surface area contributed by atoms with Gasteiger partial charge in [0.25, 0.3) is 0 Å². The Morgan fingerprint density at radius 3 is 2.95 bits per heavy atom. The molecule has 1 unspecified atom stereocenters. The minimum Gasteiger partial charge on any atom is -0.301 e. The number of amides is 1. The molecule has 2 N–H and O–H groups in total. The molecule has 6 nitrogen and oxygen atoms in total. The summed E-state index contributed by atoms with van der Waals surface area (Å²) in [6.45, 7) is 0.715. The third-order valence-corrected chi connectivity index (χ3v) is 3.34. The van der Waals surface area contributed by atoms with Crippen molar-refractivity contribution in [2.75, 3.05) is 5.32 Å². The van der Waals surface area contributed by atoms with E-state index in [4.69, 9.17) is 0 Å². The van der Waals surface area contributed by atoms with Crippen molar-refractivity contribution in [3.8, 4) is 0 Å². The highest BCUT2D eigenvalue weighted by atomic mass is 16.2. The van der Waals surface area contributed by atoms with Crippen molar-refractivity contribution in [1.29, 1.82) is 0 Å². The smallest absolute Gasteiger partial charge is 0.244 e. The van der Waals surface area contributed by atoms with Crippen molar-refractivity contribution in [1.82, 2.24) is 20.1 Å². The van der Waals surface area contributed by atoms with Crippen molar-refractivity contribution in [2.45, 2.75) is 19.0 Å². The van der Waals surface area contributed by atoms with Crippen LogP contribution in [0.25, 0.3) is 0 Å². The van der Waals surface area contributed by atoms with E-state index in [0.717, 1.165) is 0 Å². The van der Waals surface area contributed by atoms with Crippen LogP contribution >= 0.6 is 0 Å². The molecule has 0 fully saturated rings. The van der Waals surface area contributed by atoms with Gasteiger partial charge in [0, 0.05) is 13.6 Å². The van der Waals surface area contributed by atoms with Crippen LogP contribution in [0.3, 0.4) is 0 Å². The number of nitrogens with zero attached hydrogens (tertiary/aromatic N) is 3. The molecular formula is C13H15N5O. The SMILES string of the molecule is Cn1ncnc1NC(=O)C1Cc2ccccc2CN1. The Morgan fingerprint density at radius 2 is 2.21 bits per heavy atom. The van der Waals surface area contributed by atoms with Gasteiger partial charge in [-0.3, -0.25) is 10.1 Å². The lowest BCUT2D eigenvalue weighted by atomic mass is 9.95. The summed E-state index contributed by atoms with van der Waals surface area (Å²) in [5.41, 5.74) is 2.48. The zero-order chi connectivity index (χ0) is 13.2. The van der Waals surface area contributed by atoms with Crippen LogP contribution in [0.5, 0.6) is 0 Å².